The van der Waals surface area contributed by atoms with Crippen LogP contribution in [0, 0.1) is 5.82 Å². The fourth-order valence-corrected chi connectivity index (χ4v) is 3.46. The molecule has 0 spiro atoms. The summed E-state index contributed by atoms with van der Waals surface area (Å²) in [5, 5.41) is 6.08. The average molecular weight is 369 g/mol. The van der Waals surface area contributed by atoms with Gasteiger partial charge >= 0.3 is 0 Å². The van der Waals surface area contributed by atoms with Gasteiger partial charge in [-0.25, -0.2) is 4.39 Å². The molecule has 27 heavy (non-hydrogen) atoms. The number of benzene rings is 2. The molecule has 1 heterocycles. The lowest BCUT2D eigenvalue weighted by molar-refractivity contribution is -0.119. The number of halogens is 1. The zero-order chi connectivity index (χ0) is 18.8. The molecule has 2 aromatic carbocycles. The number of hydrogen-bond donors (Lipinski definition) is 2. The molecule has 4 rings (SSSR count). The first-order valence-electron chi connectivity index (χ1n) is 8.80. The van der Waals surface area contributed by atoms with E-state index in [1.165, 1.54) is 13.2 Å². The van der Waals surface area contributed by atoms with Gasteiger partial charge in [-0.2, -0.15) is 4.99 Å². The number of hydrogen-bond acceptors (Lipinski definition) is 5. The number of carbonyl (C=O) groups is 1. The van der Waals surface area contributed by atoms with Crippen molar-refractivity contribution < 1.29 is 18.7 Å². The van der Waals surface area contributed by atoms with Crippen molar-refractivity contribution >= 4 is 23.3 Å². The monoisotopic (exact) mass is 369 g/mol. The predicted octanol–water partition coefficient (Wildman–Crippen LogP) is 3.21. The van der Waals surface area contributed by atoms with Crippen LogP contribution in [0.3, 0.4) is 0 Å². The summed E-state index contributed by atoms with van der Waals surface area (Å²) in [5.41, 5.74) is 4.48. The van der Waals surface area contributed by atoms with Gasteiger partial charge in [0.1, 0.15) is 19.0 Å². The highest BCUT2D eigenvalue weighted by Gasteiger charge is 2.25. The third-order valence-corrected chi connectivity index (χ3v) is 4.71. The summed E-state index contributed by atoms with van der Waals surface area (Å²) >= 11 is 0. The maximum atomic E-state index is 13.4. The molecule has 1 amide bonds. The van der Waals surface area contributed by atoms with Crippen molar-refractivity contribution in [2.24, 2.45) is 4.99 Å². The van der Waals surface area contributed by atoms with Crippen molar-refractivity contribution in [3.05, 3.63) is 58.9 Å². The molecule has 1 unspecified atom stereocenters. The molecule has 0 fully saturated rings. The average Bonchev–Trinajstić information content (AvgIpc) is 3.04. The van der Waals surface area contributed by atoms with Crippen molar-refractivity contribution in [2.45, 2.75) is 25.5 Å². The fraction of sp³-hybridized carbons (Fsp3) is 0.300. The van der Waals surface area contributed by atoms with Gasteiger partial charge in [0.15, 0.2) is 0 Å². The van der Waals surface area contributed by atoms with Crippen LogP contribution in [0.4, 0.5) is 15.8 Å². The van der Waals surface area contributed by atoms with Gasteiger partial charge in [-0.15, -0.1) is 0 Å². The van der Waals surface area contributed by atoms with E-state index >= 15 is 0 Å². The van der Waals surface area contributed by atoms with Crippen LogP contribution >= 0.6 is 0 Å². The fourth-order valence-electron chi connectivity index (χ4n) is 3.46. The molecule has 2 aliphatic rings. The second kappa shape index (κ2) is 7.36. The number of nitrogens with one attached hydrogen (secondary N) is 2. The summed E-state index contributed by atoms with van der Waals surface area (Å²) in [6.45, 7) is 0.366. The van der Waals surface area contributed by atoms with E-state index in [0.717, 1.165) is 35.2 Å². The highest BCUT2D eigenvalue weighted by molar-refractivity contribution is 5.92. The van der Waals surface area contributed by atoms with E-state index in [1.807, 2.05) is 18.2 Å². The third-order valence-electron chi connectivity index (χ3n) is 4.71. The Labute approximate surface area is 156 Å². The molecule has 1 atom stereocenters. The van der Waals surface area contributed by atoms with Gasteiger partial charge in [-0.05, 0) is 54.3 Å². The van der Waals surface area contributed by atoms with Crippen LogP contribution < -0.4 is 10.6 Å². The molecular weight excluding hydrogens is 349 g/mol. The Morgan fingerprint density at radius 1 is 1.30 bits per heavy atom. The summed E-state index contributed by atoms with van der Waals surface area (Å²) < 4.78 is 23.9. The molecule has 0 saturated heterocycles. The minimum absolute atomic E-state index is 0.00652. The van der Waals surface area contributed by atoms with E-state index in [9.17, 15) is 9.18 Å². The number of methoxy groups -OCH3 is 1. The van der Waals surface area contributed by atoms with Crippen molar-refractivity contribution in [3.8, 4) is 0 Å². The largest absolute Gasteiger partial charge is 0.460 e. The van der Waals surface area contributed by atoms with Gasteiger partial charge in [0, 0.05) is 18.4 Å². The summed E-state index contributed by atoms with van der Waals surface area (Å²) in [7, 11) is 1.47. The Morgan fingerprint density at radius 3 is 3.04 bits per heavy atom. The SMILES string of the molecule is COCC(=O)Nc1ccc2c(c1)COC(NC1CCc3cc(F)ccc31)=N2. The number of carbonyl (C=O) groups excluding carboxylic acids is 1. The molecular formula is C20H20FN3O3. The standard InChI is InChI=1S/C20H20FN3O3/c1-26-11-19(25)22-15-4-7-17-13(9-15)10-27-20(23-17)24-18-6-2-12-8-14(21)3-5-16(12)18/h3-5,7-9,18H,2,6,10-11H2,1H3,(H,22,25)(H,23,24). The van der Waals surface area contributed by atoms with Crippen molar-refractivity contribution in [1.82, 2.24) is 5.32 Å². The predicted molar refractivity (Wildman–Crippen MR) is 99.4 cm³/mol. The molecule has 2 N–H and O–H groups in total. The number of nitrogens with zero attached hydrogens (tertiary/aromatic N) is 1. The normalized spacial score (nSPS) is 17.4. The molecule has 0 radical (unpaired) electrons. The molecule has 0 aromatic heterocycles. The second-order valence-electron chi connectivity index (χ2n) is 6.61. The summed E-state index contributed by atoms with van der Waals surface area (Å²) in [4.78, 5) is 16.1. The molecule has 1 aliphatic heterocycles. The Kier molecular flexibility index (Phi) is 4.77. The second-order valence-corrected chi connectivity index (χ2v) is 6.61. The van der Waals surface area contributed by atoms with Crippen LogP contribution in [-0.2, 0) is 27.3 Å². The zero-order valence-corrected chi connectivity index (χ0v) is 14.9. The van der Waals surface area contributed by atoms with Crippen LogP contribution in [0.5, 0.6) is 0 Å². The minimum atomic E-state index is -0.212. The van der Waals surface area contributed by atoms with Crippen LogP contribution in [-0.4, -0.2) is 25.6 Å². The summed E-state index contributed by atoms with van der Waals surface area (Å²) in [5.74, 6) is -0.417. The Balaban J connectivity index is 1.47. The highest BCUT2D eigenvalue weighted by atomic mass is 19.1. The van der Waals surface area contributed by atoms with Crippen LogP contribution in [0.25, 0.3) is 0 Å². The number of rotatable bonds is 4. The first-order valence-corrected chi connectivity index (χ1v) is 8.80. The van der Waals surface area contributed by atoms with E-state index in [4.69, 9.17) is 9.47 Å². The number of aryl methyl sites for hydroxylation is 1. The lowest BCUT2D eigenvalue weighted by Gasteiger charge is -2.22. The van der Waals surface area contributed by atoms with Crippen molar-refractivity contribution in [1.29, 1.82) is 0 Å². The lowest BCUT2D eigenvalue weighted by atomic mass is 10.1. The van der Waals surface area contributed by atoms with E-state index in [1.54, 1.807) is 12.1 Å². The minimum Gasteiger partial charge on any atom is -0.460 e. The van der Waals surface area contributed by atoms with Gasteiger partial charge in [0.25, 0.3) is 6.02 Å². The van der Waals surface area contributed by atoms with Crippen LogP contribution in [0.15, 0.2) is 41.4 Å². The van der Waals surface area contributed by atoms with Crippen LogP contribution in [0.1, 0.15) is 29.2 Å². The van der Waals surface area contributed by atoms with Gasteiger partial charge in [0.05, 0.1) is 11.7 Å². The Bertz CT molecular complexity index is 913. The molecule has 2 aromatic rings. The first-order chi connectivity index (χ1) is 13.1. The molecule has 0 bridgehead atoms. The van der Waals surface area contributed by atoms with Gasteiger partial charge in [0.2, 0.25) is 5.91 Å². The smallest absolute Gasteiger partial charge is 0.290 e. The van der Waals surface area contributed by atoms with Crippen molar-refractivity contribution in [3.63, 3.8) is 0 Å². The Morgan fingerprint density at radius 2 is 2.19 bits per heavy atom. The maximum absolute atomic E-state index is 13.4. The summed E-state index contributed by atoms with van der Waals surface area (Å²) in [6, 6.07) is 10.9. The Hall–Kier alpha value is -2.93. The number of anilines is 1. The third kappa shape index (κ3) is 3.78. The maximum Gasteiger partial charge on any atom is 0.290 e. The topological polar surface area (TPSA) is 72.0 Å². The number of fused-ring (bicyclic) bond motifs is 2. The zero-order valence-electron chi connectivity index (χ0n) is 14.9. The van der Waals surface area contributed by atoms with E-state index < -0.39 is 0 Å². The molecule has 0 saturated carbocycles. The number of amides is 1. The quantitative estimate of drug-likeness (QED) is 0.868. The lowest BCUT2D eigenvalue weighted by Crippen LogP contribution is -2.30. The number of amidine groups is 1. The molecule has 1 aliphatic carbocycles. The van der Waals surface area contributed by atoms with Gasteiger partial charge < -0.3 is 20.1 Å². The summed E-state index contributed by atoms with van der Waals surface area (Å²) in [6.07, 6.45) is 1.71. The van der Waals surface area contributed by atoms with Crippen LogP contribution in [0.2, 0.25) is 0 Å². The molecule has 140 valence electrons. The van der Waals surface area contributed by atoms with E-state index in [2.05, 4.69) is 15.6 Å². The highest BCUT2D eigenvalue weighted by Crippen LogP contribution is 2.33. The van der Waals surface area contributed by atoms with Gasteiger partial charge in [-0.1, -0.05) is 6.07 Å². The molecule has 7 heteroatoms. The first kappa shape index (κ1) is 17.5. The van der Waals surface area contributed by atoms with E-state index in [0.29, 0.717) is 18.3 Å². The molecule has 6 nitrogen and oxygen atoms in total. The number of ether oxygens (including phenoxy) is 2. The van der Waals surface area contributed by atoms with Gasteiger partial charge in [-0.3, -0.25) is 4.79 Å². The van der Waals surface area contributed by atoms with Crippen molar-refractivity contribution in [2.75, 3.05) is 19.0 Å². The number of aliphatic imine (C=N–C) groups is 1. The van der Waals surface area contributed by atoms with E-state index in [-0.39, 0.29) is 24.4 Å².